The smallest absolute Gasteiger partial charge is 0.203 e. The summed E-state index contributed by atoms with van der Waals surface area (Å²) in [5.41, 5.74) is 7.31. The van der Waals surface area contributed by atoms with Gasteiger partial charge in [-0.05, 0) is 29.7 Å². The van der Waals surface area contributed by atoms with Crippen molar-refractivity contribution in [2.45, 2.75) is 13.3 Å². The summed E-state index contributed by atoms with van der Waals surface area (Å²) in [5.74, 6) is 0. The van der Waals surface area contributed by atoms with Gasteiger partial charge in [-0.1, -0.05) is 54.9 Å². The van der Waals surface area contributed by atoms with E-state index in [2.05, 4.69) is 46.7 Å². The molecule has 5 heteroatoms. The lowest BCUT2D eigenvalue weighted by molar-refractivity contribution is 1.14. The van der Waals surface area contributed by atoms with Gasteiger partial charge in [-0.3, -0.25) is 5.43 Å². The fourth-order valence-corrected chi connectivity index (χ4v) is 2.87. The number of halogens is 1. The van der Waals surface area contributed by atoms with Gasteiger partial charge in [-0.2, -0.15) is 5.10 Å². The zero-order valence-corrected chi connectivity index (χ0v) is 14.2. The molecule has 0 unspecified atom stereocenters. The van der Waals surface area contributed by atoms with Crippen LogP contribution < -0.4 is 5.43 Å². The monoisotopic (exact) mass is 341 g/mol. The topological polar surface area (TPSA) is 37.3 Å². The van der Waals surface area contributed by atoms with E-state index in [1.165, 1.54) is 16.9 Å². The summed E-state index contributed by atoms with van der Waals surface area (Å²) in [7, 11) is 0. The minimum absolute atomic E-state index is 0.723. The van der Waals surface area contributed by atoms with Crippen molar-refractivity contribution in [1.29, 1.82) is 0 Å². The summed E-state index contributed by atoms with van der Waals surface area (Å²) in [6.45, 7) is 2.14. The predicted octanol–water partition coefficient (Wildman–Crippen LogP) is 5.47. The highest BCUT2D eigenvalue weighted by Crippen LogP contribution is 2.25. The molecule has 0 bridgehead atoms. The molecule has 0 saturated carbocycles. The van der Waals surface area contributed by atoms with Crippen LogP contribution in [0.3, 0.4) is 0 Å². The van der Waals surface area contributed by atoms with Crippen molar-refractivity contribution >= 4 is 34.3 Å². The van der Waals surface area contributed by atoms with E-state index in [1.807, 2.05) is 29.6 Å². The summed E-state index contributed by atoms with van der Waals surface area (Å²) in [6, 6.07) is 16.0. The van der Waals surface area contributed by atoms with Crippen LogP contribution in [0.25, 0.3) is 11.3 Å². The van der Waals surface area contributed by atoms with Crippen LogP contribution >= 0.6 is 22.9 Å². The van der Waals surface area contributed by atoms with Crippen molar-refractivity contribution in [3.63, 3.8) is 0 Å². The van der Waals surface area contributed by atoms with Crippen molar-refractivity contribution in [1.82, 2.24) is 4.98 Å². The molecule has 0 fully saturated rings. The van der Waals surface area contributed by atoms with Gasteiger partial charge in [0.1, 0.15) is 0 Å². The van der Waals surface area contributed by atoms with Gasteiger partial charge in [0.15, 0.2) is 0 Å². The van der Waals surface area contributed by atoms with Gasteiger partial charge in [0.2, 0.25) is 5.13 Å². The average molecular weight is 342 g/mol. The Morgan fingerprint density at radius 1 is 1.13 bits per heavy atom. The molecule has 1 heterocycles. The standard InChI is InChI=1S/C18H16ClN3S/c1-2-13-3-5-14(6-4-13)11-20-22-18-21-17(12-23-18)15-7-9-16(19)10-8-15/h3-12H,2H2,1H3,(H,21,22). The van der Waals surface area contributed by atoms with Crippen molar-refractivity contribution in [3.8, 4) is 11.3 Å². The second kappa shape index (κ2) is 7.40. The van der Waals surface area contributed by atoms with Crippen LogP contribution in [-0.4, -0.2) is 11.2 Å². The molecule has 0 saturated heterocycles. The molecule has 0 spiro atoms. The van der Waals surface area contributed by atoms with Crippen LogP contribution in [0.5, 0.6) is 0 Å². The molecular weight excluding hydrogens is 326 g/mol. The number of thiazole rings is 1. The lowest BCUT2D eigenvalue weighted by Crippen LogP contribution is -1.90. The Kier molecular flexibility index (Phi) is 5.05. The van der Waals surface area contributed by atoms with Crippen molar-refractivity contribution in [2.24, 2.45) is 5.10 Å². The Hall–Kier alpha value is -2.17. The van der Waals surface area contributed by atoms with Gasteiger partial charge in [-0.25, -0.2) is 4.98 Å². The molecule has 0 aliphatic heterocycles. The van der Waals surface area contributed by atoms with Gasteiger partial charge < -0.3 is 0 Å². The fraction of sp³-hybridized carbons (Fsp3) is 0.111. The normalized spacial score (nSPS) is 11.0. The maximum atomic E-state index is 5.90. The summed E-state index contributed by atoms with van der Waals surface area (Å²) in [4.78, 5) is 4.52. The first-order valence-electron chi connectivity index (χ1n) is 7.34. The molecule has 116 valence electrons. The minimum Gasteiger partial charge on any atom is -0.253 e. The molecular formula is C18H16ClN3S. The van der Waals surface area contributed by atoms with Gasteiger partial charge in [-0.15, -0.1) is 11.3 Å². The van der Waals surface area contributed by atoms with E-state index in [4.69, 9.17) is 11.6 Å². The molecule has 3 nitrogen and oxygen atoms in total. The molecule has 0 radical (unpaired) electrons. The third-order valence-electron chi connectivity index (χ3n) is 3.41. The van der Waals surface area contributed by atoms with Gasteiger partial charge >= 0.3 is 0 Å². The number of hydrogen-bond acceptors (Lipinski definition) is 4. The van der Waals surface area contributed by atoms with E-state index >= 15 is 0 Å². The number of rotatable bonds is 5. The summed E-state index contributed by atoms with van der Waals surface area (Å²) >= 11 is 7.42. The van der Waals surface area contributed by atoms with E-state index in [1.54, 1.807) is 6.21 Å². The van der Waals surface area contributed by atoms with Gasteiger partial charge in [0.05, 0.1) is 11.9 Å². The molecule has 3 aromatic rings. The van der Waals surface area contributed by atoms with Gasteiger partial charge in [0.25, 0.3) is 0 Å². The first-order chi connectivity index (χ1) is 11.2. The van der Waals surface area contributed by atoms with E-state index in [-0.39, 0.29) is 0 Å². The van der Waals surface area contributed by atoms with Crippen molar-refractivity contribution in [3.05, 3.63) is 70.1 Å². The number of anilines is 1. The summed E-state index contributed by atoms with van der Waals surface area (Å²) in [6.07, 6.45) is 2.84. The van der Waals surface area contributed by atoms with E-state index < -0.39 is 0 Å². The van der Waals surface area contributed by atoms with Gasteiger partial charge in [0, 0.05) is 16.0 Å². The Labute approximate surface area is 144 Å². The average Bonchev–Trinajstić information content (AvgIpc) is 3.05. The Morgan fingerprint density at radius 3 is 2.57 bits per heavy atom. The molecule has 0 amide bonds. The molecule has 1 N–H and O–H groups in total. The highest BCUT2D eigenvalue weighted by Gasteiger charge is 2.03. The van der Waals surface area contributed by atoms with Crippen molar-refractivity contribution < 1.29 is 0 Å². The third kappa shape index (κ3) is 4.18. The molecule has 0 atom stereocenters. The summed E-state index contributed by atoms with van der Waals surface area (Å²) < 4.78 is 0. The van der Waals surface area contributed by atoms with E-state index in [0.717, 1.165) is 33.4 Å². The number of nitrogens with zero attached hydrogens (tertiary/aromatic N) is 2. The third-order valence-corrected chi connectivity index (χ3v) is 4.40. The SMILES string of the molecule is CCc1ccc(C=NNc2nc(-c3ccc(Cl)cc3)cs2)cc1. The number of aromatic nitrogens is 1. The number of nitrogens with one attached hydrogen (secondary N) is 1. The molecule has 2 aromatic carbocycles. The second-order valence-corrected chi connectivity index (χ2v) is 6.30. The van der Waals surface area contributed by atoms with E-state index in [0.29, 0.717) is 0 Å². The quantitative estimate of drug-likeness (QED) is 0.493. The van der Waals surface area contributed by atoms with Crippen LogP contribution in [0.15, 0.2) is 59.0 Å². The maximum absolute atomic E-state index is 5.90. The van der Waals surface area contributed by atoms with Crippen LogP contribution in [0.4, 0.5) is 5.13 Å². The van der Waals surface area contributed by atoms with Crippen LogP contribution in [0, 0.1) is 0 Å². The maximum Gasteiger partial charge on any atom is 0.203 e. The molecule has 3 rings (SSSR count). The molecule has 1 aromatic heterocycles. The highest BCUT2D eigenvalue weighted by atomic mass is 35.5. The van der Waals surface area contributed by atoms with Crippen LogP contribution in [0.2, 0.25) is 5.02 Å². The van der Waals surface area contributed by atoms with Crippen LogP contribution in [0.1, 0.15) is 18.1 Å². The fourth-order valence-electron chi connectivity index (χ4n) is 2.08. The highest BCUT2D eigenvalue weighted by molar-refractivity contribution is 7.14. The summed E-state index contributed by atoms with van der Waals surface area (Å²) in [5, 5.41) is 7.72. The number of aryl methyl sites for hydroxylation is 1. The molecule has 23 heavy (non-hydrogen) atoms. The zero-order valence-electron chi connectivity index (χ0n) is 12.7. The Balaban J connectivity index is 1.64. The largest absolute Gasteiger partial charge is 0.253 e. The predicted molar refractivity (Wildman–Crippen MR) is 99.6 cm³/mol. The molecule has 0 aliphatic carbocycles. The van der Waals surface area contributed by atoms with Crippen molar-refractivity contribution in [2.75, 3.05) is 5.43 Å². The van der Waals surface area contributed by atoms with E-state index in [9.17, 15) is 0 Å². The first kappa shape index (κ1) is 15.7. The Bertz CT molecular complexity index is 792. The lowest BCUT2D eigenvalue weighted by atomic mass is 10.1. The lowest BCUT2D eigenvalue weighted by Gasteiger charge is -1.98. The molecule has 0 aliphatic rings. The Morgan fingerprint density at radius 2 is 1.87 bits per heavy atom. The number of hydrogen-bond donors (Lipinski definition) is 1. The first-order valence-corrected chi connectivity index (χ1v) is 8.60. The minimum atomic E-state index is 0.723. The zero-order chi connectivity index (χ0) is 16.1. The number of hydrazone groups is 1. The van der Waals surface area contributed by atoms with Crippen LogP contribution in [-0.2, 0) is 6.42 Å². The second-order valence-electron chi connectivity index (χ2n) is 5.01. The number of benzene rings is 2.